The molecule has 4 heteroatoms. The number of aryl methyl sites for hydroxylation is 1. The molecule has 1 atom stereocenters. The molecule has 1 unspecified atom stereocenters. The number of ether oxygens (including phenoxy) is 1. The summed E-state index contributed by atoms with van der Waals surface area (Å²) < 4.78 is 5.27. The van der Waals surface area contributed by atoms with Crippen molar-refractivity contribution in [2.45, 2.75) is 25.3 Å². The highest BCUT2D eigenvalue weighted by atomic mass is 16.5. The maximum Gasteiger partial charge on any atom is 0.252 e. The van der Waals surface area contributed by atoms with Crippen LogP contribution >= 0.6 is 0 Å². The molecule has 31 heavy (non-hydrogen) atoms. The van der Waals surface area contributed by atoms with Gasteiger partial charge in [0.15, 0.2) is 0 Å². The Bertz CT molecular complexity index is 1250. The average Bonchev–Trinajstić information content (AvgIpc) is 2.83. The molecule has 0 bridgehead atoms. The Kier molecular flexibility index (Phi) is 5.13. The van der Waals surface area contributed by atoms with Crippen molar-refractivity contribution in [3.8, 4) is 17.0 Å². The van der Waals surface area contributed by atoms with Gasteiger partial charge in [-0.3, -0.25) is 4.79 Å². The lowest BCUT2D eigenvalue weighted by Gasteiger charge is -2.26. The number of nitrogens with zero attached hydrogens (tertiary/aromatic N) is 1. The number of carbonyl (C=O) groups is 1. The topological polar surface area (TPSA) is 51.2 Å². The van der Waals surface area contributed by atoms with Crippen molar-refractivity contribution in [3.05, 3.63) is 95.6 Å². The minimum Gasteiger partial charge on any atom is -0.497 e. The summed E-state index contributed by atoms with van der Waals surface area (Å²) in [6, 6.07) is 25.9. The molecular formula is C27H24N2O2. The third kappa shape index (κ3) is 3.77. The van der Waals surface area contributed by atoms with E-state index in [1.165, 1.54) is 11.1 Å². The third-order valence-corrected chi connectivity index (χ3v) is 6.02. The van der Waals surface area contributed by atoms with Gasteiger partial charge in [-0.15, -0.1) is 0 Å². The van der Waals surface area contributed by atoms with Crippen LogP contribution in [0.25, 0.3) is 22.2 Å². The van der Waals surface area contributed by atoms with Gasteiger partial charge in [0, 0.05) is 10.9 Å². The van der Waals surface area contributed by atoms with Gasteiger partial charge in [-0.25, -0.2) is 4.98 Å². The number of carbonyl (C=O) groups excluding carboxylic acids is 1. The van der Waals surface area contributed by atoms with Gasteiger partial charge in [0.1, 0.15) is 5.75 Å². The van der Waals surface area contributed by atoms with Gasteiger partial charge >= 0.3 is 0 Å². The van der Waals surface area contributed by atoms with E-state index in [0.717, 1.165) is 47.2 Å². The summed E-state index contributed by atoms with van der Waals surface area (Å²) in [6.07, 6.45) is 3.11. The molecule has 0 fully saturated rings. The minimum atomic E-state index is -0.0601. The van der Waals surface area contributed by atoms with Gasteiger partial charge in [0.2, 0.25) is 0 Å². The predicted octanol–water partition coefficient (Wildman–Crippen LogP) is 5.72. The Morgan fingerprint density at radius 3 is 2.61 bits per heavy atom. The second kappa shape index (κ2) is 8.23. The predicted molar refractivity (Wildman–Crippen MR) is 123 cm³/mol. The van der Waals surface area contributed by atoms with Gasteiger partial charge in [-0.2, -0.15) is 0 Å². The Hall–Kier alpha value is -3.66. The number of hydrogen-bond acceptors (Lipinski definition) is 3. The lowest BCUT2D eigenvalue weighted by atomic mass is 9.87. The largest absolute Gasteiger partial charge is 0.497 e. The summed E-state index contributed by atoms with van der Waals surface area (Å²) in [7, 11) is 1.65. The summed E-state index contributed by atoms with van der Waals surface area (Å²) in [5.74, 6) is 0.730. The van der Waals surface area contributed by atoms with Crippen LogP contribution < -0.4 is 10.1 Å². The standard InChI is InChI=1S/C27H24N2O2/c1-31-20-15-13-19(14-16-20)26-17-23(22-10-4-5-11-25(22)28-26)27(30)29-24-12-6-8-18-7-2-3-9-21(18)24/h2-5,7,9-11,13-17,24H,6,8,12H2,1H3,(H,29,30). The van der Waals surface area contributed by atoms with E-state index < -0.39 is 0 Å². The number of nitrogens with one attached hydrogen (secondary N) is 1. The maximum atomic E-state index is 13.5. The molecule has 0 radical (unpaired) electrons. The van der Waals surface area contributed by atoms with Gasteiger partial charge in [-0.05, 0) is 66.8 Å². The van der Waals surface area contributed by atoms with Crippen molar-refractivity contribution in [2.24, 2.45) is 0 Å². The SMILES string of the molecule is COc1ccc(-c2cc(C(=O)NC3CCCc4ccccc43)c3ccccc3n2)cc1. The van der Waals surface area contributed by atoms with Crippen LogP contribution in [0.3, 0.4) is 0 Å². The second-order valence-electron chi connectivity index (χ2n) is 7.92. The fourth-order valence-electron chi connectivity index (χ4n) is 4.41. The number of para-hydroxylation sites is 1. The van der Waals surface area contributed by atoms with Crippen LogP contribution in [0.4, 0.5) is 0 Å². The van der Waals surface area contributed by atoms with Crippen LogP contribution in [0.1, 0.15) is 40.4 Å². The van der Waals surface area contributed by atoms with Crippen LogP contribution in [0.15, 0.2) is 78.9 Å². The molecular weight excluding hydrogens is 384 g/mol. The number of aromatic nitrogens is 1. The molecule has 1 amide bonds. The van der Waals surface area contributed by atoms with Crippen LogP contribution in [-0.2, 0) is 6.42 Å². The Balaban J connectivity index is 1.53. The quantitative estimate of drug-likeness (QED) is 0.470. The number of fused-ring (bicyclic) bond motifs is 2. The number of amides is 1. The van der Waals surface area contributed by atoms with Crippen molar-refractivity contribution in [2.75, 3.05) is 7.11 Å². The highest BCUT2D eigenvalue weighted by Gasteiger charge is 2.23. The molecule has 154 valence electrons. The van der Waals surface area contributed by atoms with E-state index >= 15 is 0 Å². The van der Waals surface area contributed by atoms with E-state index in [9.17, 15) is 4.79 Å². The molecule has 1 heterocycles. The van der Waals surface area contributed by atoms with Crippen molar-refractivity contribution in [3.63, 3.8) is 0 Å². The fourth-order valence-corrected chi connectivity index (χ4v) is 4.41. The molecule has 1 aliphatic rings. The van der Waals surface area contributed by atoms with E-state index in [1.54, 1.807) is 7.11 Å². The molecule has 0 saturated carbocycles. The van der Waals surface area contributed by atoms with E-state index in [4.69, 9.17) is 9.72 Å². The van der Waals surface area contributed by atoms with E-state index in [2.05, 4.69) is 23.5 Å². The molecule has 1 aliphatic carbocycles. The van der Waals surface area contributed by atoms with E-state index in [1.807, 2.05) is 60.7 Å². The normalized spacial score (nSPS) is 15.3. The van der Waals surface area contributed by atoms with Crippen molar-refractivity contribution < 1.29 is 9.53 Å². The maximum absolute atomic E-state index is 13.5. The first-order valence-corrected chi connectivity index (χ1v) is 10.7. The van der Waals surface area contributed by atoms with Crippen LogP contribution in [0, 0.1) is 0 Å². The Morgan fingerprint density at radius 1 is 1.00 bits per heavy atom. The molecule has 5 rings (SSSR count). The Labute approximate surface area is 181 Å². The molecule has 1 aromatic heterocycles. The summed E-state index contributed by atoms with van der Waals surface area (Å²) in [5.41, 5.74) is 5.75. The summed E-state index contributed by atoms with van der Waals surface area (Å²) in [5, 5.41) is 4.16. The number of pyridine rings is 1. The van der Waals surface area contributed by atoms with Gasteiger partial charge in [-0.1, -0.05) is 42.5 Å². The zero-order chi connectivity index (χ0) is 21.2. The lowest BCUT2D eigenvalue weighted by molar-refractivity contribution is 0.0934. The van der Waals surface area contributed by atoms with Gasteiger partial charge in [0.25, 0.3) is 5.91 Å². The number of methoxy groups -OCH3 is 1. The first-order valence-electron chi connectivity index (χ1n) is 10.7. The van der Waals surface area contributed by atoms with Crippen LogP contribution in [0.2, 0.25) is 0 Å². The smallest absolute Gasteiger partial charge is 0.252 e. The first kappa shape index (κ1) is 19.3. The zero-order valence-electron chi connectivity index (χ0n) is 17.5. The molecule has 4 nitrogen and oxygen atoms in total. The number of rotatable bonds is 4. The van der Waals surface area contributed by atoms with Gasteiger partial charge < -0.3 is 10.1 Å². The van der Waals surface area contributed by atoms with Crippen molar-refractivity contribution >= 4 is 16.8 Å². The third-order valence-electron chi connectivity index (χ3n) is 6.02. The molecule has 0 saturated heterocycles. The minimum absolute atomic E-state index is 0.0359. The average molecular weight is 409 g/mol. The van der Waals surface area contributed by atoms with Crippen LogP contribution in [-0.4, -0.2) is 18.0 Å². The summed E-state index contributed by atoms with van der Waals surface area (Å²) in [6.45, 7) is 0. The Morgan fingerprint density at radius 2 is 1.77 bits per heavy atom. The van der Waals surface area contributed by atoms with Crippen LogP contribution in [0.5, 0.6) is 5.75 Å². The second-order valence-corrected chi connectivity index (χ2v) is 7.92. The van der Waals surface area contributed by atoms with Crippen molar-refractivity contribution in [1.82, 2.24) is 10.3 Å². The monoisotopic (exact) mass is 408 g/mol. The van der Waals surface area contributed by atoms with Crippen molar-refractivity contribution in [1.29, 1.82) is 0 Å². The fraction of sp³-hybridized carbons (Fsp3) is 0.185. The van der Waals surface area contributed by atoms with E-state index in [0.29, 0.717) is 5.56 Å². The molecule has 4 aromatic rings. The lowest BCUT2D eigenvalue weighted by Crippen LogP contribution is -2.31. The highest BCUT2D eigenvalue weighted by Crippen LogP contribution is 2.31. The summed E-state index contributed by atoms with van der Waals surface area (Å²) in [4.78, 5) is 18.3. The van der Waals surface area contributed by atoms with Gasteiger partial charge in [0.05, 0.1) is 29.9 Å². The summed E-state index contributed by atoms with van der Waals surface area (Å²) >= 11 is 0. The molecule has 1 N–H and O–H groups in total. The first-order chi connectivity index (χ1) is 15.2. The number of hydrogen-bond donors (Lipinski definition) is 1. The molecule has 0 aliphatic heterocycles. The number of benzene rings is 3. The zero-order valence-corrected chi connectivity index (χ0v) is 17.5. The van der Waals surface area contributed by atoms with E-state index in [-0.39, 0.29) is 11.9 Å². The highest BCUT2D eigenvalue weighted by molar-refractivity contribution is 6.07. The molecule has 3 aromatic carbocycles. The molecule has 0 spiro atoms.